The lowest BCUT2D eigenvalue weighted by atomic mass is 9.80. The molecule has 1 unspecified atom stereocenters. The summed E-state index contributed by atoms with van der Waals surface area (Å²) in [6, 6.07) is 0. The van der Waals surface area contributed by atoms with Crippen LogP contribution in [0.5, 0.6) is 0 Å². The minimum atomic E-state index is -0.445. The van der Waals surface area contributed by atoms with Gasteiger partial charge in [0.15, 0.2) is 0 Å². The molecule has 0 saturated heterocycles. The number of fused-ring (bicyclic) bond motifs is 1. The standard InChI is InChI=1S/C16H25NO2S.C2H6/c1-11-10-20-13-7-8-16(5,9-12(11)13)17(6)14(18)19-15(2,3)4;1-2/h10H,7-9H2,1-6H3;1-2H3. The first-order valence-corrected chi connectivity index (χ1v) is 9.03. The minimum Gasteiger partial charge on any atom is -0.444 e. The van der Waals surface area contributed by atoms with E-state index >= 15 is 0 Å². The van der Waals surface area contributed by atoms with E-state index in [1.807, 2.05) is 53.0 Å². The lowest BCUT2D eigenvalue weighted by Crippen LogP contribution is -2.52. The van der Waals surface area contributed by atoms with E-state index in [9.17, 15) is 4.79 Å². The summed E-state index contributed by atoms with van der Waals surface area (Å²) in [7, 11) is 1.86. The quantitative estimate of drug-likeness (QED) is 0.710. The minimum absolute atomic E-state index is 0.152. The molecule has 126 valence electrons. The number of amides is 1. The van der Waals surface area contributed by atoms with Crippen LogP contribution < -0.4 is 0 Å². The Bertz CT molecular complexity index is 516. The lowest BCUT2D eigenvalue weighted by Gasteiger charge is -2.42. The molecule has 0 saturated carbocycles. The van der Waals surface area contributed by atoms with E-state index in [1.165, 1.54) is 16.0 Å². The van der Waals surface area contributed by atoms with E-state index in [2.05, 4.69) is 19.2 Å². The molecule has 1 atom stereocenters. The van der Waals surface area contributed by atoms with Gasteiger partial charge in [0.25, 0.3) is 0 Å². The van der Waals surface area contributed by atoms with E-state index < -0.39 is 5.60 Å². The highest BCUT2D eigenvalue weighted by atomic mass is 32.1. The summed E-state index contributed by atoms with van der Waals surface area (Å²) in [5.74, 6) is 0. The maximum atomic E-state index is 12.3. The molecule has 0 aliphatic heterocycles. The third-order valence-corrected chi connectivity index (χ3v) is 5.32. The zero-order chi connectivity index (χ0) is 17.1. The van der Waals surface area contributed by atoms with E-state index in [0.29, 0.717) is 0 Å². The van der Waals surface area contributed by atoms with Crippen LogP contribution >= 0.6 is 11.3 Å². The van der Waals surface area contributed by atoms with Gasteiger partial charge in [0, 0.05) is 17.5 Å². The van der Waals surface area contributed by atoms with Crippen LogP contribution in [0.3, 0.4) is 0 Å². The van der Waals surface area contributed by atoms with Gasteiger partial charge in [-0.2, -0.15) is 0 Å². The highest BCUT2D eigenvalue weighted by molar-refractivity contribution is 7.10. The molecule has 0 bridgehead atoms. The normalized spacial score (nSPS) is 20.5. The van der Waals surface area contributed by atoms with Gasteiger partial charge in [0.05, 0.1) is 0 Å². The molecule has 3 nitrogen and oxygen atoms in total. The van der Waals surface area contributed by atoms with Gasteiger partial charge in [-0.15, -0.1) is 11.3 Å². The molecule has 1 aliphatic rings. The molecule has 0 N–H and O–H groups in total. The number of carbonyl (C=O) groups excluding carboxylic acids is 1. The van der Waals surface area contributed by atoms with Crippen LogP contribution in [0, 0.1) is 6.92 Å². The zero-order valence-corrected chi connectivity index (χ0v) is 16.2. The van der Waals surface area contributed by atoms with Crippen LogP contribution in [0.25, 0.3) is 0 Å². The Balaban J connectivity index is 0.00000116. The first kappa shape index (κ1) is 19.0. The smallest absolute Gasteiger partial charge is 0.410 e. The number of hydrogen-bond donors (Lipinski definition) is 0. The van der Waals surface area contributed by atoms with Crippen LogP contribution in [0.2, 0.25) is 0 Å². The first-order valence-electron chi connectivity index (χ1n) is 8.15. The van der Waals surface area contributed by atoms with Crippen LogP contribution in [-0.2, 0) is 17.6 Å². The summed E-state index contributed by atoms with van der Waals surface area (Å²) in [4.78, 5) is 15.6. The van der Waals surface area contributed by atoms with Crippen molar-refractivity contribution >= 4 is 17.4 Å². The molecule has 4 heteroatoms. The van der Waals surface area contributed by atoms with Gasteiger partial charge in [-0.1, -0.05) is 13.8 Å². The predicted molar refractivity (Wildman–Crippen MR) is 94.8 cm³/mol. The summed E-state index contributed by atoms with van der Waals surface area (Å²) in [5.41, 5.74) is 2.19. The fourth-order valence-electron chi connectivity index (χ4n) is 2.66. The van der Waals surface area contributed by atoms with Crippen molar-refractivity contribution in [2.45, 2.75) is 78.9 Å². The van der Waals surface area contributed by atoms with Gasteiger partial charge < -0.3 is 9.64 Å². The number of nitrogens with zero attached hydrogens (tertiary/aromatic N) is 1. The molecule has 2 rings (SSSR count). The van der Waals surface area contributed by atoms with Crippen molar-refractivity contribution in [3.05, 3.63) is 21.4 Å². The third kappa shape index (κ3) is 4.25. The summed E-state index contributed by atoms with van der Waals surface area (Å²) in [6.45, 7) is 14.0. The average molecular weight is 326 g/mol. The van der Waals surface area contributed by atoms with Gasteiger partial charge in [0.2, 0.25) is 0 Å². The van der Waals surface area contributed by atoms with Gasteiger partial charge in [-0.05, 0) is 70.4 Å². The summed E-state index contributed by atoms with van der Waals surface area (Å²) < 4.78 is 5.51. The van der Waals surface area contributed by atoms with Crippen LogP contribution in [0.1, 0.15) is 64.0 Å². The van der Waals surface area contributed by atoms with E-state index in [-0.39, 0.29) is 11.6 Å². The monoisotopic (exact) mass is 325 g/mol. The van der Waals surface area contributed by atoms with Crippen molar-refractivity contribution in [2.24, 2.45) is 0 Å². The van der Waals surface area contributed by atoms with E-state index in [4.69, 9.17) is 4.74 Å². The summed E-state index contributed by atoms with van der Waals surface area (Å²) in [5, 5.41) is 2.23. The van der Waals surface area contributed by atoms with Crippen molar-refractivity contribution in [1.29, 1.82) is 0 Å². The lowest BCUT2D eigenvalue weighted by molar-refractivity contribution is 0.00559. The number of likely N-dealkylation sites (N-methyl/N-ethyl adjacent to an activating group) is 1. The second kappa shape index (κ2) is 7.03. The molecule has 1 amide bonds. The Labute approximate surface area is 139 Å². The maximum absolute atomic E-state index is 12.3. The molecular formula is C18H31NO2S. The fourth-order valence-corrected chi connectivity index (χ4v) is 3.72. The highest BCUT2D eigenvalue weighted by Gasteiger charge is 2.38. The van der Waals surface area contributed by atoms with Crippen molar-refractivity contribution < 1.29 is 9.53 Å². The molecule has 1 heterocycles. The molecule has 0 radical (unpaired) electrons. The SMILES string of the molecule is CC.Cc1csc2c1CC(C)(N(C)C(=O)OC(C)(C)C)CC2. The average Bonchev–Trinajstić information content (AvgIpc) is 2.79. The molecule has 22 heavy (non-hydrogen) atoms. The number of rotatable bonds is 1. The van der Waals surface area contributed by atoms with E-state index in [1.54, 1.807) is 4.90 Å². The predicted octanol–water partition coefficient (Wildman–Crippen LogP) is 5.20. The topological polar surface area (TPSA) is 29.5 Å². The number of aryl methyl sites for hydroxylation is 2. The Morgan fingerprint density at radius 3 is 2.50 bits per heavy atom. The molecular weight excluding hydrogens is 294 g/mol. The van der Waals surface area contributed by atoms with Gasteiger partial charge in [-0.3, -0.25) is 0 Å². The van der Waals surface area contributed by atoms with Crippen molar-refractivity contribution in [3.63, 3.8) is 0 Å². The number of thiophene rings is 1. The van der Waals surface area contributed by atoms with Crippen molar-refractivity contribution in [1.82, 2.24) is 4.90 Å². The fraction of sp³-hybridized carbons (Fsp3) is 0.722. The number of ether oxygens (including phenoxy) is 1. The second-order valence-electron chi connectivity index (χ2n) is 7.03. The largest absolute Gasteiger partial charge is 0.444 e. The van der Waals surface area contributed by atoms with Gasteiger partial charge in [-0.25, -0.2) is 4.79 Å². The van der Waals surface area contributed by atoms with Crippen LogP contribution in [0.15, 0.2) is 5.38 Å². The second-order valence-corrected chi connectivity index (χ2v) is 8.00. The first-order chi connectivity index (χ1) is 10.1. The third-order valence-electron chi connectivity index (χ3n) is 4.12. The zero-order valence-electron chi connectivity index (χ0n) is 15.4. The number of hydrogen-bond acceptors (Lipinski definition) is 3. The Hall–Kier alpha value is -1.03. The maximum Gasteiger partial charge on any atom is 0.410 e. The van der Waals surface area contributed by atoms with Gasteiger partial charge in [0.1, 0.15) is 5.60 Å². The molecule has 1 aromatic heterocycles. The molecule has 0 aromatic carbocycles. The molecule has 0 spiro atoms. The number of carbonyl (C=O) groups is 1. The highest BCUT2D eigenvalue weighted by Crippen LogP contribution is 2.37. The Morgan fingerprint density at radius 2 is 1.95 bits per heavy atom. The molecule has 1 aliphatic carbocycles. The van der Waals surface area contributed by atoms with Gasteiger partial charge >= 0.3 is 6.09 Å². The molecule has 1 aromatic rings. The van der Waals surface area contributed by atoms with Crippen LogP contribution in [-0.4, -0.2) is 29.2 Å². The summed E-state index contributed by atoms with van der Waals surface area (Å²) >= 11 is 1.85. The molecule has 0 fully saturated rings. The van der Waals surface area contributed by atoms with E-state index in [0.717, 1.165) is 19.3 Å². The van der Waals surface area contributed by atoms with Crippen LogP contribution in [0.4, 0.5) is 4.79 Å². The van der Waals surface area contributed by atoms with Crippen molar-refractivity contribution in [3.8, 4) is 0 Å². The summed E-state index contributed by atoms with van der Waals surface area (Å²) in [6.07, 6.45) is 2.75. The van der Waals surface area contributed by atoms with Crippen molar-refractivity contribution in [2.75, 3.05) is 7.05 Å². The Kier molecular flexibility index (Phi) is 6.08. The Morgan fingerprint density at radius 1 is 1.36 bits per heavy atom.